The maximum atomic E-state index is 12.9. The highest BCUT2D eigenvalue weighted by atomic mass is 35.5. The molecule has 0 unspecified atom stereocenters. The van der Waals surface area contributed by atoms with Gasteiger partial charge in [-0.1, -0.05) is 30.9 Å². The summed E-state index contributed by atoms with van der Waals surface area (Å²) in [7, 11) is 1.65. The highest BCUT2D eigenvalue weighted by Crippen LogP contribution is 2.48. The number of likely N-dealkylation sites (tertiary alicyclic amines) is 1. The lowest BCUT2D eigenvalue weighted by Gasteiger charge is -2.42. The summed E-state index contributed by atoms with van der Waals surface area (Å²) in [6.45, 7) is 1.13. The normalized spacial score (nSPS) is 23.2. The number of hydrogen-bond donors (Lipinski definition) is 2. The SMILES string of the molecule is CO[C@@H]1CCN(C(=O)c2nc3cc(Cl)c4c(c3o2)C2(CCCCC2)NC(=O)N4)C1. The molecule has 3 amide bonds. The molecule has 1 saturated heterocycles. The summed E-state index contributed by atoms with van der Waals surface area (Å²) in [5.41, 5.74) is 1.86. The lowest BCUT2D eigenvalue weighted by molar-refractivity contribution is 0.0690. The van der Waals surface area contributed by atoms with Crippen molar-refractivity contribution >= 4 is 40.3 Å². The van der Waals surface area contributed by atoms with Crippen molar-refractivity contribution in [2.75, 3.05) is 25.5 Å². The van der Waals surface area contributed by atoms with E-state index < -0.39 is 5.54 Å². The summed E-state index contributed by atoms with van der Waals surface area (Å²) in [5, 5.41) is 6.33. The third-order valence-electron chi connectivity index (χ3n) is 6.36. The van der Waals surface area contributed by atoms with Gasteiger partial charge < -0.3 is 24.7 Å². The summed E-state index contributed by atoms with van der Waals surface area (Å²) in [5.74, 6) is -0.208. The van der Waals surface area contributed by atoms with Crippen molar-refractivity contribution in [1.29, 1.82) is 0 Å². The number of halogens is 1. The minimum Gasteiger partial charge on any atom is -0.432 e. The summed E-state index contributed by atoms with van der Waals surface area (Å²) in [6, 6.07) is 1.39. The first kappa shape index (κ1) is 18.7. The van der Waals surface area contributed by atoms with E-state index in [1.807, 2.05) is 0 Å². The van der Waals surface area contributed by atoms with Crippen LogP contribution < -0.4 is 10.6 Å². The fourth-order valence-corrected chi connectivity index (χ4v) is 5.14. The molecule has 2 fully saturated rings. The Morgan fingerprint density at radius 1 is 1.38 bits per heavy atom. The zero-order valence-corrected chi connectivity index (χ0v) is 17.0. The number of aromatic nitrogens is 1. The van der Waals surface area contributed by atoms with Crippen LogP contribution >= 0.6 is 11.6 Å². The Balaban J connectivity index is 1.61. The van der Waals surface area contributed by atoms with E-state index in [0.717, 1.165) is 44.1 Å². The minimum absolute atomic E-state index is 0.0375. The van der Waals surface area contributed by atoms with E-state index in [0.29, 0.717) is 34.9 Å². The van der Waals surface area contributed by atoms with Gasteiger partial charge in [-0.2, -0.15) is 0 Å². The zero-order valence-electron chi connectivity index (χ0n) is 16.2. The van der Waals surface area contributed by atoms with Gasteiger partial charge in [0.2, 0.25) is 0 Å². The van der Waals surface area contributed by atoms with E-state index in [1.54, 1.807) is 18.1 Å². The number of ether oxygens (including phenoxy) is 1. The van der Waals surface area contributed by atoms with Crippen LogP contribution in [0.4, 0.5) is 10.5 Å². The van der Waals surface area contributed by atoms with E-state index in [2.05, 4.69) is 15.6 Å². The molecule has 1 spiro atoms. The number of oxazole rings is 1. The van der Waals surface area contributed by atoms with Crippen LogP contribution in [0.3, 0.4) is 0 Å². The van der Waals surface area contributed by atoms with Crippen LogP contribution in [0.1, 0.15) is 54.8 Å². The first-order valence-electron chi connectivity index (χ1n) is 10.1. The van der Waals surface area contributed by atoms with Gasteiger partial charge in [0.1, 0.15) is 5.52 Å². The van der Waals surface area contributed by atoms with Crippen LogP contribution in [-0.4, -0.2) is 48.1 Å². The lowest BCUT2D eigenvalue weighted by Crippen LogP contribution is -2.52. The molecule has 0 bridgehead atoms. The largest absolute Gasteiger partial charge is 0.432 e. The average Bonchev–Trinajstić information content (AvgIpc) is 3.35. The Kier molecular flexibility index (Phi) is 4.43. The molecule has 29 heavy (non-hydrogen) atoms. The van der Waals surface area contributed by atoms with Gasteiger partial charge in [-0.25, -0.2) is 9.78 Å². The topological polar surface area (TPSA) is 96.7 Å². The van der Waals surface area contributed by atoms with Crippen molar-refractivity contribution in [3.05, 3.63) is 22.5 Å². The van der Waals surface area contributed by atoms with Gasteiger partial charge in [0, 0.05) is 25.8 Å². The predicted molar refractivity (Wildman–Crippen MR) is 107 cm³/mol. The van der Waals surface area contributed by atoms with Gasteiger partial charge in [-0.05, 0) is 25.3 Å². The van der Waals surface area contributed by atoms with E-state index in [9.17, 15) is 9.59 Å². The van der Waals surface area contributed by atoms with Crippen molar-refractivity contribution in [3.8, 4) is 0 Å². The van der Waals surface area contributed by atoms with Crippen molar-refractivity contribution in [2.24, 2.45) is 0 Å². The number of urea groups is 1. The highest BCUT2D eigenvalue weighted by Gasteiger charge is 2.44. The molecule has 2 N–H and O–H groups in total. The number of nitrogens with one attached hydrogen (secondary N) is 2. The van der Waals surface area contributed by atoms with E-state index in [-0.39, 0.29) is 23.9 Å². The first-order chi connectivity index (χ1) is 14.0. The van der Waals surface area contributed by atoms with Crippen molar-refractivity contribution in [3.63, 3.8) is 0 Å². The molecule has 1 saturated carbocycles. The molecule has 2 aromatic rings. The van der Waals surface area contributed by atoms with Gasteiger partial charge in [-0.15, -0.1) is 0 Å². The molecule has 1 atom stereocenters. The number of anilines is 1. The second kappa shape index (κ2) is 6.88. The van der Waals surface area contributed by atoms with Gasteiger partial charge in [-0.3, -0.25) is 4.79 Å². The minimum atomic E-state index is -0.548. The molecular formula is C20H23ClN4O4. The second-order valence-corrected chi connectivity index (χ2v) is 8.50. The number of nitrogens with zero attached hydrogens (tertiary/aromatic N) is 2. The number of fused-ring (bicyclic) bond motifs is 4. The number of amides is 3. The summed E-state index contributed by atoms with van der Waals surface area (Å²) >= 11 is 6.51. The lowest BCUT2D eigenvalue weighted by atomic mass is 9.74. The molecule has 0 radical (unpaired) electrons. The quantitative estimate of drug-likeness (QED) is 0.776. The third-order valence-corrected chi connectivity index (χ3v) is 6.66. The van der Waals surface area contributed by atoms with Crippen LogP contribution in [-0.2, 0) is 10.3 Å². The van der Waals surface area contributed by atoms with Gasteiger partial charge >= 0.3 is 11.9 Å². The molecule has 3 heterocycles. The molecule has 5 rings (SSSR count). The molecule has 1 aromatic carbocycles. The maximum Gasteiger partial charge on any atom is 0.319 e. The fraction of sp³-hybridized carbons (Fsp3) is 0.550. The van der Waals surface area contributed by atoms with Gasteiger partial charge in [0.25, 0.3) is 5.89 Å². The van der Waals surface area contributed by atoms with E-state index in [1.165, 1.54) is 0 Å². The molecule has 8 nitrogen and oxygen atoms in total. The smallest absolute Gasteiger partial charge is 0.319 e. The molecule has 1 aliphatic carbocycles. The van der Waals surface area contributed by atoms with Crippen molar-refractivity contribution < 1.29 is 18.7 Å². The summed E-state index contributed by atoms with van der Waals surface area (Å²) < 4.78 is 11.4. The fourth-order valence-electron chi connectivity index (χ4n) is 4.90. The van der Waals surface area contributed by atoms with Crippen molar-refractivity contribution in [1.82, 2.24) is 15.2 Å². The Hall–Kier alpha value is -2.32. The van der Waals surface area contributed by atoms with Gasteiger partial charge in [0.15, 0.2) is 5.58 Å². The van der Waals surface area contributed by atoms with Gasteiger partial charge in [0.05, 0.1) is 22.4 Å². The molecule has 3 aliphatic rings. The zero-order chi connectivity index (χ0) is 20.2. The number of benzene rings is 1. The molecule has 9 heteroatoms. The van der Waals surface area contributed by atoms with E-state index in [4.69, 9.17) is 20.8 Å². The van der Waals surface area contributed by atoms with Crippen LogP contribution in [0.15, 0.2) is 10.5 Å². The Morgan fingerprint density at radius 3 is 2.90 bits per heavy atom. The van der Waals surface area contributed by atoms with Crippen LogP contribution in [0.5, 0.6) is 0 Å². The summed E-state index contributed by atoms with van der Waals surface area (Å²) in [6.07, 6.45) is 5.56. The van der Waals surface area contributed by atoms with E-state index >= 15 is 0 Å². The molecular weight excluding hydrogens is 396 g/mol. The number of carbonyl (C=O) groups is 2. The standard InChI is InChI=1S/C20H23ClN4O4/c1-28-11-5-8-25(10-11)18(26)17-22-13-9-12(21)15-14(16(13)29-17)20(24-19(27)23-15)6-3-2-4-7-20/h9,11H,2-8,10H2,1H3,(H2,23,24,27)/t11-/m1/s1. The average molecular weight is 419 g/mol. The number of carbonyl (C=O) groups excluding carboxylic acids is 2. The monoisotopic (exact) mass is 418 g/mol. The number of rotatable bonds is 2. The molecule has 2 aliphatic heterocycles. The predicted octanol–water partition coefficient (Wildman–Crippen LogP) is 3.64. The third kappa shape index (κ3) is 2.97. The Morgan fingerprint density at radius 2 is 2.17 bits per heavy atom. The summed E-state index contributed by atoms with van der Waals surface area (Å²) in [4.78, 5) is 31.4. The Bertz CT molecular complexity index is 998. The van der Waals surface area contributed by atoms with Crippen molar-refractivity contribution in [2.45, 2.75) is 50.2 Å². The Labute approximate surface area is 172 Å². The van der Waals surface area contributed by atoms with Crippen LogP contribution in [0, 0.1) is 0 Å². The van der Waals surface area contributed by atoms with Crippen LogP contribution in [0.25, 0.3) is 11.1 Å². The molecule has 154 valence electrons. The number of methoxy groups -OCH3 is 1. The first-order valence-corrected chi connectivity index (χ1v) is 10.4. The number of hydrogen-bond acceptors (Lipinski definition) is 5. The maximum absolute atomic E-state index is 12.9. The second-order valence-electron chi connectivity index (χ2n) is 8.10. The molecule has 1 aromatic heterocycles. The highest BCUT2D eigenvalue weighted by molar-refractivity contribution is 6.35. The van der Waals surface area contributed by atoms with Crippen LogP contribution in [0.2, 0.25) is 5.02 Å².